The van der Waals surface area contributed by atoms with Gasteiger partial charge in [-0.25, -0.2) is 0 Å². The lowest BCUT2D eigenvalue weighted by atomic mass is 9.81. The Morgan fingerprint density at radius 2 is 1.44 bits per heavy atom. The summed E-state index contributed by atoms with van der Waals surface area (Å²) in [5, 5.41) is 20.2. The van der Waals surface area contributed by atoms with Gasteiger partial charge >= 0.3 is 0 Å². The van der Waals surface area contributed by atoms with E-state index in [1.165, 1.54) is 0 Å². The van der Waals surface area contributed by atoms with Crippen LogP contribution in [-0.2, 0) is 5.60 Å². The minimum Gasteiger partial charge on any atom is -0.379 e. The molecule has 0 bridgehead atoms. The minimum absolute atomic E-state index is 0.484. The zero-order valence-corrected chi connectivity index (χ0v) is 10.1. The minimum atomic E-state index is -1.19. The molecule has 2 aromatic carbocycles. The Bertz CT molecular complexity index is 609. The first-order chi connectivity index (χ1) is 8.69. The van der Waals surface area contributed by atoms with Crippen LogP contribution in [0.5, 0.6) is 0 Å². The molecule has 0 saturated carbocycles. The van der Waals surface area contributed by atoms with Gasteiger partial charge in [0.2, 0.25) is 0 Å². The Hall–Kier alpha value is -2.11. The Kier molecular flexibility index (Phi) is 2.26. The second-order valence-electron chi connectivity index (χ2n) is 4.71. The molecule has 2 heteroatoms. The number of hydrogen-bond acceptors (Lipinski definition) is 2. The maximum absolute atomic E-state index is 11.0. The van der Waals surface area contributed by atoms with Crippen LogP contribution in [0, 0.1) is 17.2 Å². The van der Waals surface area contributed by atoms with Gasteiger partial charge in [0.15, 0.2) is 0 Å². The third-order valence-electron chi connectivity index (χ3n) is 3.79. The largest absolute Gasteiger partial charge is 0.379 e. The Labute approximate surface area is 106 Å². The van der Waals surface area contributed by atoms with Gasteiger partial charge in [-0.05, 0) is 29.2 Å². The normalized spacial score (nSPS) is 16.5. The van der Waals surface area contributed by atoms with Crippen molar-refractivity contribution in [2.75, 3.05) is 0 Å². The van der Waals surface area contributed by atoms with Crippen LogP contribution in [0.25, 0.3) is 11.1 Å². The summed E-state index contributed by atoms with van der Waals surface area (Å²) < 4.78 is 0. The number of hydrogen-bond donors (Lipinski definition) is 1. The molecule has 0 fully saturated rings. The average molecular weight is 235 g/mol. The van der Waals surface area contributed by atoms with Gasteiger partial charge in [0.25, 0.3) is 0 Å². The lowest BCUT2D eigenvalue weighted by Crippen LogP contribution is -2.31. The predicted octanol–water partition coefficient (Wildman–Crippen LogP) is 3.06. The molecule has 2 aromatic rings. The molecule has 0 radical (unpaired) electrons. The number of benzene rings is 2. The van der Waals surface area contributed by atoms with Gasteiger partial charge in [0.1, 0.15) is 5.60 Å². The van der Waals surface area contributed by atoms with Crippen LogP contribution in [0.15, 0.2) is 48.5 Å². The van der Waals surface area contributed by atoms with Gasteiger partial charge in [-0.15, -0.1) is 0 Å². The first-order valence-electron chi connectivity index (χ1n) is 6.01. The molecule has 1 unspecified atom stereocenters. The first-order valence-corrected chi connectivity index (χ1v) is 6.01. The van der Waals surface area contributed by atoms with Crippen molar-refractivity contribution in [1.29, 1.82) is 5.26 Å². The van der Waals surface area contributed by atoms with E-state index in [0.29, 0.717) is 0 Å². The fraction of sp³-hybridized carbons (Fsp3) is 0.188. The lowest BCUT2D eigenvalue weighted by molar-refractivity contribution is 0.0510. The Balaban J connectivity index is 2.38. The van der Waals surface area contributed by atoms with Crippen LogP contribution in [0.4, 0.5) is 0 Å². The highest BCUT2D eigenvalue weighted by Gasteiger charge is 2.45. The van der Waals surface area contributed by atoms with Crippen LogP contribution in [0.2, 0.25) is 0 Å². The maximum Gasteiger partial charge on any atom is 0.131 e. The zero-order chi connectivity index (χ0) is 12.8. The van der Waals surface area contributed by atoms with Crippen LogP contribution in [-0.4, -0.2) is 5.11 Å². The maximum atomic E-state index is 11.0. The van der Waals surface area contributed by atoms with E-state index in [0.717, 1.165) is 22.3 Å². The summed E-state index contributed by atoms with van der Waals surface area (Å²) in [6, 6.07) is 17.7. The van der Waals surface area contributed by atoms with E-state index in [9.17, 15) is 10.4 Å². The molecule has 0 saturated heterocycles. The van der Waals surface area contributed by atoms with Crippen molar-refractivity contribution in [3.05, 3.63) is 59.7 Å². The summed E-state index contributed by atoms with van der Waals surface area (Å²) in [5.41, 5.74) is 2.53. The predicted molar refractivity (Wildman–Crippen MR) is 69.7 cm³/mol. The topological polar surface area (TPSA) is 44.0 Å². The van der Waals surface area contributed by atoms with E-state index >= 15 is 0 Å². The summed E-state index contributed by atoms with van der Waals surface area (Å²) in [4.78, 5) is 0. The average Bonchev–Trinajstić information content (AvgIpc) is 2.70. The molecule has 18 heavy (non-hydrogen) atoms. The van der Waals surface area contributed by atoms with Crippen LogP contribution in [0.1, 0.15) is 18.1 Å². The van der Waals surface area contributed by atoms with E-state index in [2.05, 4.69) is 6.07 Å². The number of rotatable bonds is 1. The number of nitriles is 1. The van der Waals surface area contributed by atoms with Crippen LogP contribution < -0.4 is 0 Å². The molecular weight excluding hydrogens is 222 g/mol. The highest BCUT2D eigenvalue weighted by molar-refractivity contribution is 5.80. The molecule has 1 aliphatic carbocycles. The molecule has 1 N–H and O–H groups in total. The number of fused-ring (bicyclic) bond motifs is 3. The summed E-state index contributed by atoms with van der Waals surface area (Å²) >= 11 is 0. The highest BCUT2D eigenvalue weighted by atomic mass is 16.3. The monoisotopic (exact) mass is 235 g/mol. The fourth-order valence-corrected chi connectivity index (χ4v) is 2.81. The second-order valence-corrected chi connectivity index (χ2v) is 4.71. The molecule has 1 atom stereocenters. The molecule has 1 aliphatic rings. The van der Waals surface area contributed by atoms with E-state index in [1.54, 1.807) is 6.92 Å². The summed E-state index contributed by atoms with van der Waals surface area (Å²) in [6.45, 7) is 1.76. The van der Waals surface area contributed by atoms with Crippen molar-refractivity contribution in [3.8, 4) is 17.2 Å². The standard InChI is InChI=1S/C16H13NO/c1-11(10-17)16(18)14-8-4-2-6-12(14)13-7-3-5-9-15(13)16/h2-9,11,18H,1H3. The van der Waals surface area contributed by atoms with Gasteiger partial charge in [0.05, 0.1) is 12.0 Å². The lowest BCUT2D eigenvalue weighted by Gasteiger charge is -2.28. The van der Waals surface area contributed by atoms with E-state index < -0.39 is 11.5 Å². The molecular formula is C16H13NO. The van der Waals surface area contributed by atoms with Crippen molar-refractivity contribution in [2.24, 2.45) is 5.92 Å². The van der Waals surface area contributed by atoms with Crippen molar-refractivity contribution in [1.82, 2.24) is 0 Å². The van der Waals surface area contributed by atoms with Gasteiger partial charge < -0.3 is 5.11 Å². The van der Waals surface area contributed by atoms with Crippen molar-refractivity contribution in [3.63, 3.8) is 0 Å². The molecule has 0 aromatic heterocycles. The third kappa shape index (κ3) is 1.20. The molecule has 0 aliphatic heterocycles. The summed E-state index contributed by atoms with van der Waals surface area (Å²) in [6.07, 6.45) is 0. The van der Waals surface area contributed by atoms with Gasteiger partial charge in [-0.3, -0.25) is 0 Å². The van der Waals surface area contributed by atoms with Gasteiger partial charge in [-0.1, -0.05) is 48.5 Å². The first kappa shape index (κ1) is 11.0. The molecule has 0 amide bonds. The van der Waals surface area contributed by atoms with Gasteiger partial charge in [-0.2, -0.15) is 5.26 Å². The van der Waals surface area contributed by atoms with E-state index in [-0.39, 0.29) is 0 Å². The van der Waals surface area contributed by atoms with Gasteiger partial charge in [0, 0.05) is 0 Å². The smallest absolute Gasteiger partial charge is 0.131 e. The molecule has 0 heterocycles. The van der Waals surface area contributed by atoms with Crippen molar-refractivity contribution in [2.45, 2.75) is 12.5 Å². The van der Waals surface area contributed by atoms with Crippen molar-refractivity contribution >= 4 is 0 Å². The van der Waals surface area contributed by atoms with E-state index in [4.69, 9.17) is 0 Å². The molecule has 3 rings (SSSR count). The fourth-order valence-electron chi connectivity index (χ4n) is 2.81. The highest BCUT2D eigenvalue weighted by Crippen LogP contribution is 2.50. The number of nitrogens with zero attached hydrogens (tertiary/aromatic N) is 1. The number of aliphatic hydroxyl groups is 1. The molecule has 0 spiro atoms. The van der Waals surface area contributed by atoms with Crippen molar-refractivity contribution < 1.29 is 5.11 Å². The molecule has 88 valence electrons. The van der Waals surface area contributed by atoms with Crippen LogP contribution >= 0.6 is 0 Å². The Morgan fingerprint density at radius 3 is 1.89 bits per heavy atom. The van der Waals surface area contributed by atoms with E-state index in [1.807, 2.05) is 48.5 Å². The zero-order valence-electron chi connectivity index (χ0n) is 10.1. The summed E-state index contributed by atoms with van der Waals surface area (Å²) in [7, 11) is 0. The molecule has 2 nitrogen and oxygen atoms in total. The van der Waals surface area contributed by atoms with Crippen LogP contribution in [0.3, 0.4) is 0 Å². The SMILES string of the molecule is CC(C#N)C1(O)c2ccccc2-c2ccccc21. The second kappa shape index (κ2) is 3.69. The third-order valence-corrected chi connectivity index (χ3v) is 3.79. The quantitative estimate of drug-likeness (QED) is 0.825. The summed E-state index contributed by atoms with van der Waals surface area (Å²) in [5.74, 6) is -0.484. The Morgan fingerprint density at radius 1 is 1.00 bits per heavy atom.